The second-order valence-electron chi connectivity index (χ2n) is 5.00. The standard InChI is InChI=1S/C14H17N5OS/c1-9-11(13(20)19-10-3-7-15-8-4-10)21-14(18-9)12-16-5-2-6-17-12/h2,5-6,10,15H,3-4,7-8H2,1H3,(H,19,20). The minimum absolute atomic E-state index is 0.0425. The van der Waals surface area contributed by atoms with E-state index in [1.807, 2.05) is 6.92 Å². The van der Waals surface area contributed by atoms with Gasteiger partial charge in [0.05, 0.1) is 5.69 Å². The number of aromatic nitrogens is 3. The van der Waals surface area contributed by atoms with E-state index in [9.17, 15) is 4.79 Å². The molecular weight excluding hydrogens is 286 g/mol. The Labute approximate surface area is 127 Å². The van der Waals surface area contributed by atoms with Crippen LogP contribution in [0.2, 0.25) is 0 Å². The lowest BCUT2D eigenvalue weighted by atomic mass is 10.1. The molecular formula is C14H17N5OS. The molecule has 3 rings (SSSR count). The first kappa shape index (κ1) is 14.1. The van der Waals surface area contributed by atoms with Gasteiger partial charge in [0.2, 0.25) is 0 Å². The third-order valence-corrected chi connectivity index (χ3v) is 4.59. The number of hydrogen-bond acceptors (Lipinski definition) is 6. The van der Waals surface area contributed by atoms with Crippen LogP contribution in [0.4, 0.5) is 0 Å². The first-order valence-corrected chi connectivity index (χ1v) is 7.82. The highest BCUT2D eigenvalue weighted by Crippen LogP contribution is 2.25. The van der Waals surface area contributed by atoms with E-state index >= 15 is 0 Å². The minimum Gasteiger partial charge on any atom is -0.348 e. The van der Waals surface area contributed by atoms with Gasteiger partial charge in [0.25, 0.3) is 5.91 Å². The fourth-order valence-corrected chi connectivity index (χ4v) is 3.25. The summed E-state index contributed by atoms with van der Waals surface area (Å²) in [4.78, 5) is 25.8. The highest BCUT2D eigenvalue weighted by atomic mass is 32.1. The first-order valence-electron chi connectivity index (χ1n) is 7.00. The Bertz CT molecular complexity index is 622. The van der Waals surface area contributed by atoms with Crippen molar-refractivity contribution in [1.29, 1.82) is 0 Å². The van der Waals surface area contributed by atoms with E-state index in [4.69, 9.17) is 0 Å². The quantitative estimate of drug-likeness (QED) is 0.895. The number of nitrogens with one attached hydrogen (secondary N) is 2. The van der Waals surface area contributed by atoms with Crippen LogP contribution in [-0.2, 0) is 0 Å². The predicted octanol–water partition coefficient (Wildman–Crippen LogP) is 1.39. The van der Waals surface area contributed by atoms with Crippen molar-refractivity contribution >= 4 is 17.2 Å². The van der Waals surface area contributed by atoms with Gasteiger partial charge < -0.3 is 10.6 Å². The number of aryl methyl sites for hydroxylation is 1. The maximum atomic E-state index is 12.4. The zero-order valence-corrected chi connectivity index (χ0v) is 12.6. The van der Waals surface area contributed by atoms with Crippen molar-refractivity contribution in [3.05, 3.63) is 29.0 Å². The van der Waals surface area contributed by atoms with Crippen LogP contribution in [0.3, 0.4) is 0 Å². The predicted molar refractivity (Wildman–Crippen MR) is 81.2 cm³/mol. The normalized spacial score (nSPS) is 15.9. The number of amides is 1. The highest BCUT2D eigenvalue weighted by Gasteiger charge is 2.21. The van der Waals surface area contributed by atoms with Crippen LogP contribution in [0.15, 0.2) is 18.5 Å². The van der Waals surface area contributed by atoms with Gasteiger partial charge in [-0.2, -0.15) is 0 Å². The molecule has 1 fully saturated rings. The lowest BCUT2D eigenvalue weighted by Gasteiger charge is -2.23. The zero-order valence-electron chi connectivity index (χ0n) is 11.8. The molecule has 0 unspecified atom stereocenters. The molecule has 6 nitrogen and oxygen atoms in total. The molecule has 0 radical (unpaired) electrons. The van der Waals surface area contributed by atoms with Gasteiger partial charge in [-0.25, -0.2) is 15.0 Å². The molecule has 0 spiro atoms. The zero-order chi connectivity index (χ0) is 14.7. The molecule has 0 bridgehead atoms. The fraction of sp³-hybridized carbons (Fsp3) is 0.429. The summed E-state index contributed by atoms with van der Waals surface area (Å²) in [6.45, 7) is 3.76. The molecule has 0 saturated carbocycles. The summed E-state index contributed by atoms with van der Waals surface area (Å²) in [6, 6.07) is 2.01. The molecule has 3 heterocycles. The average molecular weight is 303 g/mol. The Morgan fingerprint density at radius 2 is 2.05 bits per heavy atom. The van der Waals surface area contributed by atoms with Crippen LogP contribution >= 0.6 is 11.3 Å². The Kier molecular flexibility index (Phi) is 4.21. The first-order chi connectivity index (χ1) is 10.2. The lowest BCUT2D eigenvalue weighted by Crippen LogP contribution is -2.42. The van der Waals surface area contributed by atoms with Crippen LogP contribution in [-0.4, -0.2) is 40.0 Å². The van der Waals surface area contributed by atoms with Crippen LogP contribution in [0.1, 0.15) is 28.2 Å². The molecule has 2 aromatic rings. The number of nitrogens with zero attached hydrogens (tertiary/aromatic N) is 3. The van der Waals surface area contributed by atoms with Gasteiger partial charge in [0.15, 0.2) is 10.8 Å². The van der Waals surface area contributed by atoms with Crippen molar-refractivity contribution in [3.8, 4) is 10.8 Å². The summed E-state index contributed by atoms with van der Waals surface area (Å²) in [6.07, 6.45) is 5.29. The van der Waals surface area contributed by atoms with E-state index in [1.54, 1.807) is 18.5 Å². The van der Waals surface area contributed by atoms with Crippen molar-refractivity contribution in [3.63, 3.8) is 0 Å². The third kappa shape index (κ3) is 3.25. The number of piperidine rings is 1. The van der Waals surface area contributed by atoms with Gasteiger partial charge in [-0.15, -0.1) is 11.3 Å². The number of carbonyl (C=O) groups is 1. The maximum absolute atomic E-state index is 12.4. The molecule has 1 amide bonds. The Morgan fingerprint density at radius 1 is 1.33 bits per heavy atom. The highest BCUT2D eigenvalue weighted by molar-refractivity contribution is 7.17. The monoisotopic (exact) mass is 303 g/mol. The molecule has 2 N–H and O–H groups in total. The maximum Gasteiger partial charge on any atom is 0.263 e. The number of rotatable bonds is 3. The van der Waals surface area contributed by atoms with Crippen LogP contribution in [0.5, 0.6) is 0 Å². The van der Waals surface area contributed by atoms with Crippen molar-refractivity contribution in [1.82, 2.24) is 25.6 Å². The number of carbonyl (C=O) groups excluding carboxylic acids is 1. The number of thiazole rings is 1. The fourth-order valence-electron chi connectivity index (χ4n) is 2.33. The van der Waals surface area contributed by atoms with Crippen LogP contribution in [0, 0.1) is 6.92 Å². The average Bonchev–Trinajstić information content (AvgIpc) is 2.91. The molecule has 0 aromatic carbocycles. The molecule has 0 atom stereocenters. The molecule has 21 heavy (non-hydrogen) atoms. The molecule has 110 valence electrons. The van der Waals surface area contributed by atoms with Gasteiger partial charge in [0.1, 0.15) is 4.88 Å². The smallest absolute Gasteiger partial charge is 0.263 e. The van der Waals surface area contributed by atoms with Crippen LogP contribution in [0.25, 0.3) is 10.8 Å². The summed E-state index contributed by atoms with van der Waals surface area (Å²) in [5.74, 6) is 0.519. The van der Waals surface area contributed by atoms with Crippen molar-refractivity contribution in [2.24, 2.45) is 0 Å². The van der Waals surface area contributed by atoms with Crippen LogP contribution < -0.4 is 10.6 Å². The summed E-state index contributed by atoms with van der Waals surface area (Å²) in [7, 11) is 0. The largest absolute Gasteiger partial charge is 0.348 e. The van der Waals surface area contributed by atoms with Gasteiger partial charge in [-0.3, -0.25) is 4.79 Å². The van der Waals surface area contributed by atoms with Gasteiger partial charge in [-0.1, -0.05) is 0 Å². The van der Waals surface area contributed by atoms with E-state index in [0.29, 0.717) is 15.7 Å². The molecule has 1 aliphatic rings. The molecule has 0 aliphatic carbocycles. The minimum atomic E-state index is -0.0425. The summed E-state index contributed by atoms with van der Waals surface area (Å²) in [5.41, 5.74) is 0.730. The van der Waals surface area contributed by atoms with Crippen molar-refractivity contribution < 1.29 is 4.79 Å². The third-order valence-electron chi connectivity index (χ3n) is 3.43. The second kappa shape index (κ2) is 6.28. The Balaban J connectivity index is 1.76. The summed E-state index contributed by atoms with van der Waals surface area (Å²) < 4.78 is 0. The molecule has 2 aromatic heterocycles. The van der Waals surface area contributed by atoms with E-state index in [0.717, 1.165) is 31.6 Å². The van der Waals surface area contributed by atoms with Crippen molar-refractivity contribution in [2.75, 3.05) is 13.1 Å². The topological polar surface area (TPSA) is 79.8 Å². The van der Waals surface area contributed by atoms with Gasteiger partial charge >= 0.3 is 0 Å². The lowest BCUT2D eigenvalue weighted by molar-refractivity contribution is 0.0933. The van der Waals surface area contributed by atoms with E-state index in [1.165, 1.54) is 11.3 Å². The van der Waals surface area contributed by atoms with Crippen molar-refractivity contribution in [2.45, 2.75) is 25.8 Å². The molecule has 1 saturated heterocycles. The molecule has 7 heteroatoms. The SMILES string of the molecule is Cc1nc(-c2ncccn2)sc1C(=O)NC1CCNCC1. The second-order valence-corrected chi connectivity index (χ2v) is 6.00. The summed E-state index contributed by atoms with van der Waals surface area (Å²) in [5, 5.41) is 7.06. The summed E-state index contributed by atoms with van der Waals surface area (Å²) >= 11 is 1.35. The van der Waals surface area contributed by atoms with Gasteiger partial charge in [-0.05, 0) is 38.9 Å². The Hall–Kier alpha value is -1.86. The Morgan fingerprint density at radius 3 is 2.76 bits per heavy atom. The van der Waals surface area contributed by atoms with Gasteiger partial charge in [0, 0.05) is 18.4 Å². The molecule has 1 aliphatic heterocycles. The van der Waals surface area contributed by atoms with E-state index in [2.05, 4.69) is 25.6 Å². The number of hydrogen-bond donors (Lipinski definition) is 2. The van der Waals surface area contributed by atoms with E-state index in [-0.39, 0.29) is 11.9 Å². The van der Waals surface area contributed by atoms with E-state index < -0.39 is 0 Å².